The zero-order chi connectivity index (χ0) is 19.7. The van der Waals surface area contributed by atoms with Gasteiger partial charge in [-0.2, -0.15) is 5.10 Å². The molecule has 0 saturated carbocycles. The van der Waals surface area contributed by atoms with Gasteiger partial charge in [0.25, 0.3) is 0 Å². The Morgan fingerprint density at radius 1 is 1.04 bits per heavy atom. The van der Waals surface area contributed by atoms with E-state index in [0.717, 1.165) is 43.1 Å². The number of aryl methyl sites for hydroxylation is 1. The van der Waals surface area contributed by atoms with Crippen LogP contribution < -0.4 is 0 Å². The first-order valence-corrected chi connectivity index (χ1v) is 9.84. The highest BCUT2D eigenvalue weighted by molar-refractivity contribution is 5.63. The van der Waals surface area contributed by atoms with Crippen molar-refractivity contribution in [1.29, 1.82) is 0 Å². The van der Waals surface area contributed by atoms with Crippen LogP contribution in [-0.2, 0) is 6.54 Å². The lowest BCUT2D eigenvalue weighted by molar-refractivity contribution is 0.100. The highest BCUT2D eigenvalue weighted by Crippen LogP contribution is 2.26. The van der Waals surface area contributed by atoms with E-state index in [9.17, 15) is 4.39 Å². The van der Waals surface area contributed by atoms with Gasteiger partial charge in [-0.05, 0) is 57.3 Å². The van der Waals surface area contributed by atoms with Gasteiger partial charge in [0.2, 0.25) is 0 Å². The average molecular weight is 378 g/mol. The maximum Gasteiger partial charge on any atom is 0.123 e. The highest BCUT2D eigenvalue weighted by Gasteiger charge is 2.23. The third-order valence-corrected chi connectivity index (χ3v) is 5.64. The first-order chi connectivity index (χ1) is 13.5. The third kappa shape index (κ3) is 4.01. The van der Waals surface area contributed by atoms with Gasteiger partial charge in [0.1, 0.15) is 5.82 Å². The lowest BCUT2D eigenvalue weighted by Gasteiger charge is -2.37. The van der Waals surface area contributed by atoms with Crippen molar-refractivity contribution in [3.8, 4) is 16.9 Å². The minimum absolute atomic E-state index is 0.226. The molecule has 2 aromatic carbocycles. The van der Waals surface area contributed by atoms with Crippen LogP contribution in [0.4, 0.5) is 4.39 Å². The van der Waals surface area contributed by atoms with E-state index >= 15 is 0 Å². The van der Waals surface area contributed by atoms with Gasteiger partial charge < -0.3 is 4.90 Å². The molecule has 0 amide bonds. The van der Waals surface area contributed by atoms with E-state index in [0.29, 0.717) is 6.04 Å². The SMILES string of the molecule is Cc1ccc(-n2cc(CN3CCN(C)[C@H](C)C3)c(-c3ccc(F)cc3)n2)cc1. The van der Waals surface area contributed by atoms with Crippen molar-refractivity contribution in [3.63, 3.8) is 0 Å². The maximum absolute atomic E-state index is 13.4. The first-order valence-electron chi connectivity index (χ1n) is 9.84. The van der Waals surface area contributed by atoms with Crippen LogP contribution in [0.1, 0.15) is 18.1 Å². The fourth-order valence-electron chi connectivity index (χ4n) is 3.71. The molecule has 2 heterocycles. The van der Waals surface area contributed by atoms with Crippen molar-refractivity contribution < 1.29 is 4.39 Å². The van der Waals surface area contributed by atoms with E-state index in [1.807, 2.05) is 16.8 Å². The normalized spacial score (nSPS) is 18.5. The summed E-state index contributed by atoms with van der Waals surface area (Å²) in [6, 6.07) is 15.5. The monoisotopic (exact) mass is 378 g/mol. The van der Waals surface area contributed by atoms with Gasteiger partial charge >= 0.3 is 0 Å². The molecule has 4 rings (SSSR count). The summed E-state index contributed by atoms with van der Waals surface area (Å²) in [5, 5.41) is 4.87. The molecule has 1 aliphatic rings. The molecule has 1 aliphatic heterocycles. The van der Waals surface area contributed by atoms with Crippen molar-refractivity contribution in [2.75, 3.05) is 26.7 Å². The minimum atomic E-state index is -0.226. The van der Waals surface area contributed by atoms with Gasteiger partial charge in [-0.15, -0.1) is 0 Å². The molecule has 28 heavy (non-hydrogen) atoms. The topological polar surface area (TPSA) is 24.3 Å². The number of benzene rings is 2. The van der Waals surface area contributed by atoms with Crippen molar-refractivity contribution in [2.24, 2.45) is 0 Å². The summed E-state index contributed by atoms with van der Waals surface area (Å²) < 4.78 is 15.4. The van der Waals surface area contributed by atoms with Crippen LogP contribution in [0.2, 0.25) is 0 Å². The Kier molecular flexibility index (Phi) is 5.29. The first kappa shape index (κ1) is 18.8. The Bertz CT molecular complexity index is 930. The van der Waals surface area contributed by atoms with Gasteiger partial charge in [0.15, 0.2) is 0 Å². The van der Waals surface area contributed by atoms with E-state index < -0.39 is 0 Å². The predicted molar refractivity (Wildman–Crippen MR) is 111 cm³/mol. The van der Waals surface area contributed by atoms with Crippen LogP contribution >= 0.6 is 0 Å². The van der Waals surface area contributed by atoms with Gasteiger partial charge in [0, 0.05) is 49.5 Å². The Morgan fingerprint density at radius 3 is 2.43 bits per heavy atom. The summed E-state index contributed by atoms with van der Waals surface area (Å²) in [6.45, 7) is 8.34. The number of hydrogen-bond acceptors (Lipinski definition) is 3. The molecule has 0 unspecified atom stereocenters. The number of hydrogen-bond donors (Lipinski definition) is 0. The Labute approximate surface area is 166 Å². The number of piperazine rings is 1. The molecule has 0 aliphatic carbocycles. The van der Waals surface area contributed by atoms with Crippen LogP contribution in [0.5, 0.6) is 0 Å². The number of nitrogens with zero attached hydrogens (tertiary/aromatic N) is 4. The summed E-state index contributed by atoms with van der Waals surface area (Å²) >= 11 is 0. The van der Waals surface area contributed by atoms with E-state index in [4.69, 9.17) is 5.10 Å². The van der Waals surface area contributed by atoms with Crippen molar-refractivity contribution in [1.82, 2.24) is 19.6 Å². The highest BCUT2D eigenvalue weighted by atomic mass is 19.1. The summed E-state index contributed by atoms with van der Waals surface area (Å²) in [5.74, 6) is -0.226. The molecule has 1 saturated heterocycles. The zero-order valence-electron chi connectivity index (χ0n) is 16.8. The molecule has 3 aromatic rings. The quantitative estimate of drug-likeness (QED) is 0.682. The average Bonchev–Trinajstić information content (AvgIpc) is 3.09. The van der Waals surface area contributed by atoms with Crippen molar-refractivity contribution >= 4 is 0 Å². The molecular formula is C23H27FN4. The Morgan fingerprint density at radius 2 is 1.75 bits per heavy atom. The Hall–Kier alpha value is -2.50. The third-order valence-electron chi connectivity index (χ3n) is 5.64. The van der Waals surface area contributed by atoms with Crippen LogP contribution in [0.15, 0.2) is 54.7 Å². The van der Waals surface area contributed by atoms with Crippen molar-refractivity contribution in [2.45, 2.75) is 26.4 Å². The fraction of sp³-hybridized carbons (Fsp3) is 0.348. The predicted octanol–water partition coefficient (Wildman–Crippen LogP) is 4.12. The Balaban J connectivity index is 1.68. The number of aromatic nitrogens is 2. The van der Waals surface area contributed by atoms with Gasteiger partial charge in [-0.3, -0.25) is 4.90 Å². The maximum atomic E-state index is 13.4. The van der Waals surface area contributed by atoms with Crippen LogP contribution in [0.3, 0.4) is 0 Å². The second-order valence-corrected chi connectivity index (χ2v) is 7.85. The molecule has 4 nitrogen and oxygen atoms in total. The molecule has 0 N–H and O–H groups in total. The smallest absolute Gasteiger partial charge is 0.123 e. The fourth-order valence-corrected chi connectivity index (χ4v) is 3.71. The lowest BCUT2D eigenvalue weighted by atomic mass is 10.1. The van der Waals surface area contributed by atoms with Crippen molar-refractivity contribution in [3.05, 3.63) is 71.7 Å². The summed E-state index contributed by atoms with van der Waals surface area (Å²) in [4.78, 5) is 4.88. The summed E-state index contributed by atoms with van der Waals surface area (Å²) in [5.41, 5.74) is 5.30. The molecule has 1 aromatic heterocycles. The minimum Gasteiger partial charge on any atom is -0.301 e. The molecule has 0 radical (unpaired) electrons. The van der Waals surface area contributed by atoms with Gasteiger partial charge in [0.05, 0.1) is 11.4 Å². The second kappa shape index (κ2) is 7.86. The van der Waals surface area contributed by atoms with E-state index in [1.54, 1.807) is 0 Å². The number of rotatable bonds is 4. The summed E-state index contributed by atoms with van der Waals surface area (Å²) in [6.07, 6.45) is 2.12. The van der Waals surface area contributed by atoms with E-state index in [1.165, 1.54) is 23.3 Å². The molecule has 1 fully saturated rings. The molecule has 146 valence electrons. The standard InChI is InChI=1S/C23H27FN4/c1-17-4-10-22(11-5-17)28-16-20(15-27-13-12-26(3)18(2)14-27)23(25-28)19-6-8-21(24)9-7-19/h4-11,16,18H,12-15H2,1-3H3/t18-/m1/s1. The molecule has 0 bridgehead atoms. The summed E-state index contributed by atoms with van der Waals surface area (Å²) in [7, 11) is 2.18. The number of halogens is 1. The number of likely N-dealkylation sites (N-methyl/N-ethyl adjacent to an activating group) is 1. The van der Waals surface area contributed by atoms with Crippen LogP contribution in [-0.4, -0.2) is 52.3 Å². The van der Waals surface area contributed by atoms with E-state index in [2.05, 4.69) is 61.2 Å². The van der Waals surface area contributed by atoms with Gasteiger partial charge in [-0.25, -0.2) is 9.07 Å². The van der Waals surface area contributed by atoms with Crippen LogP contribution in [0, 0.1) is 12.7 Å². The lowest BCUT2D eigenvalue weighted by Crippen LogP contribution is -2.49. The molecular weight excluding hydrogens is 351 g/mol. The molecule has 1 atom stereocenters. The largest absolute Gasteiger partial charge is 0.301 e. The molecule has 0 spiro atoms. The second-order valence-electron chi connectivity index (χ2n) is 7.85. The van der Waals surface area contributed by atoms with Gasteiger partial charge in [-0.1, -0.05) is 17.7 Å². The zero-order valence-corrected chi connectivity index (χ0v) is 16.8. The van der Waals surface area contributed by atoms with Crippen LogP contribution in [0.25, 0.3) is 16.9 Å². The van der Waals surface area contributed by atoms with E-state index in [-0.39, 0.29) is 5.82 Å². The molecule has 5 heteroatoms.